The van der Waals surface area contributed by atoms with Crippen molar-refractivity contribution in [3.8, 4) is 11.5 Å². The first kappa shape index (κ1) is 30.9. The topological polar surface area (TPSA) is 65.3 Å². The highest BCUT2D eigenvalue weighted by molar-refractivity contribution is 8.17. The van der Waals surface area contributed by atoms with Crippen LogP contribution in [0.3, 0.4) is 0 Å². The zero-order chi connectivity index (χ0) is 31.5. The number of hydrogen-bond donors (Lipinski definition) is 0. The normalized spacial score (nSPS) is 17.1. The van der Waals surface area contributed by atoms with E-state index in [1.165, 1.54) is 0 Å². The number of benzene rings is 3. The first-order valence-electron chi connectivity index (χ1n) is 15.2. The Bertz CT molecular complexity index is 1840. The lowest BCUT2D eigenvalue weighted by Crippen LogP contribution is -2.36. The Kier molecular flexibility index (Phi) is 9.24. The molecule has 7 nitrogen and oxygen atoms in total. The number of carbonyl (C=O) groups excluding carboxylic acids is 1. The molecular weight excluding hydrogens is 606 g/mol. The van der Waals surface area contributed by atoms with E-state index in [9.17, 15) is 4.79 Å². The van der Waals surface area contributed by atoms with Gasteiger partial charge in [-0.05, 0) is 69.2 Å². The number of para-hydroxylation sites is 1. The number of hydrogen-bond acceptors (Lipinski definition) is 7. The molecule has 0 spiro atoms. The van der Waals surface area contributed by atoms with Crippen LogP contribution in [0.25, 0.3) is 17.0 Å². The molecule has 3 aromatic carbocycles. The molecule has 1 fully saturated rings. The average Bonchev–Trinajstić information content (AvgIpc) is 3.59. The van der Waals surface area contributed by atoms with Crippen molar-refractivity contribution in [1.29, 1.82) is 0 Å². The van der Waals surface area contributed by atoms with E-state index in [0.29, 0.717) is 49.1 Å². The van der Waals surface area contributed by atoms with Gasteiger partial charge in [0.2, 0.25) is 0 Å². The molecule has 45 heavy (non-hydrogen) atoms. The van der Waals surface area contributed by atoms with Gasteiger partial charge < -0.3 is 23.7 Å². The van der Waals surface area contributed by atoms with Gasteiger partial charge in [0.25, 0.3) is 0 Å². The molecule has 1 saturated heterocycles. The van der Waals surface area contributed by atoms with Crippen LogP contribution in [0.2, 0.25) is 5.02 Å². The fraction of sp³-hybridized carbons (Fsp3) is 0.278. The zero-order valence-corrected chi connectivity index (χ0v) is 27.5. The van der Waals surface area contributed by atoms with Crippen LogP contribution in [0.1, 0.15) is 50.4 Å². The average molecular weight is 642 g/mol. The third-order valence-electron chi connectivity index (χ3n) is 7.85. The standard InChI is InChI=1S/C36H36ClN3O4S/c1-5-42-31-17-16-24(19-32(31)43-6-2)34-33(35(41)44-7-3)23(4)38-36-40(34)22-27(45-36)18-26-21-39(30-15-11-9-13-28(26)30)20-25-12-8-10-14-29(25)37/h8-19,21,34H,5-7,20,22H2,1-4H3/b27-18-. The summed E-state index contributed by atoms with van der Waals surface area (Å²) in [5.41, 5.74) is 5.42. The minimum Gasteiger partial charge on any atom is -0.490 e. The van der Waals surface area contributed by atoms with Crippen molar-refractivity contribution in [2.24, 2.45) is 4.99 Å². The summed E-state index contributed by atoms with van der Waals surface area (Å²) < 4.78 is 19.6. The lowest BCUT2D eigenvalue weighted by atomic mass is 9.94. The van der Waals surface area contributed by atoms with Gasteiger partial charge in [-0.25, -0.2) is 9.79 Å². The molecule has 1 aromatic heterocycles. The van der Waals surface area contributed by atoms with E-state index in [0.717, 1.165) is 42.7 Å². The fourth-order valence-corrected chi connectivity index (χ4v) is 7.21. The van der Waals surface area contributed by atoms with Gasteiger partial charge in [-0.1, -0.05) is 65.8 Å². The number of allylic oxidation sites excluding steroid dienone is 1. The highest BCUT2D eigenvalue weighted by Crippen LogP contribution is 2.46. The number of esters is 1. The largest absolute Gasteiger partial charge is 0.490 e. The van der Waals surface area contributed by atoms with Crippen LogP contribution in [0.15, 0.2) is 94.1 Å². The van der Waals surface area contributed by atoms with E-state index >= 15 is 0 Å². The summed E-state index contributed by atoms with van der Waals surface area (Å²) in [6, 6.07) is 21.9. The molecule has 0 amide bonds. The van der Waals surface area contributed by atoms with Gasteiger partial charge in [0.15, 0.2) is 16.7 Å². The van der Waals surface area contributed by atoms with Gasteiger partial charge in [-0.3, -0.25) is 0 Å². The van der Waals surface area contributed by atoms with E-state index in [4.69, 9.17) is 30.8 Å². The number of aromatic nitrogens is 1. The molecular formula is C36H36ClN3O4S. The Labute approximate surface area is 273 Å². The Morgan fingerprint density at radius 2 is 1.76 bits per heavy atom. The number of thioether (sulfide) groups is 1. The molecule has 4 aromatic rings. The van der Waals surface area contributed by atoms with Crippen molar-refractivity contribution in [2.75, 3.05) is 26.4 Å². The summed E-state index contributed by atoms with van der Waals surface area (Å²) in [4.78, 5) is 21.6. The quantitative estimate of drug-likeness (QED) is 0.162. The number of fused-ring (bicyclic) bond motifs is 2. The molecule has 2 aliphatic rings. The monoisotopic (exact) mass is 641 g/mol. The third-order valence-corrected chi connectivity index (χ3v) is 9.23. The minimum atomic E-state index is -0.397. The van der Waals surface area contributed by atoms with Crippen LogP contribution in [-0.2, 0) is 16.1 Å². The molecule has 0 saturated carbocycles. The van der Waals surface area contributed by atoms with Crippen LogP contribution < -0.4 is 9.47 Å². The number of carbonyl (C=O) groups is 1. The van der Waals surface area contributed by atoms with E-state index in [2.05, 4.69) is 52.1 Å². The van der Waals surface area contributed by atoms with Gasteiger partial charge in [-0.15, -0.1) is 0 Å². The summed E-state index contributed by atoms with van der Waals surface area (Å²) in [6.45, 7) is 10.2. The molecule has 6 rings (SSSR count). The molecule has 0 aliphatic carbocycles. The molecule has 232 valence electrons. The van der Waals surface area contributed by atoms with Crippen LogP contribution in [0, 0.1) is 0 Å². The number of nitrogens with zero attached hydrogens (tertiary/aromatic N) is 3. The SMILES string of the molecule is CCOC(=O)C1=C(C)N=C2S/C(=C\c3cn(Cc4ccccc4Cl)c4ccccc34)CN2C1c1ccc(OCC)c(OCC)c1. The second kappa shape index (κ2) is 13.5. The number of ether oxygens (including phenoxy) is 3. The number of rotatable bonds is 10. The summed E-state index contributed by atoms with van der Waals surface area (Å²) >= 11 is 8.15. The molecule has 9 heteroatoms. The van der Waals surface area contributed by atoms with Gasteiger partial charge in [0.1, 0.15) is 0 Å². The maximum Gasteiger partial charge on any atom is 0.338 e. The fourth-order valence-electron chi connectivity index (χ4n) is 5.92. The number of amidine groups is 1. The van der Waals surface area contributed by atoms with Gasteiger partial charge in [0, 0.05) is 39.1 Å². The Morgan fingerprint density at radius 1 is 1.00 bits per heavy atom. The first-order valence-corrected chi connectivity index (χ1v) is 16.4. The van der Waals surface area contributed by atoms with E-state index in [-0.39, 0.29) is 12.6 Å². The molecule has 1 unspecified atom stereocenters. The highest BCUT2D eigenvalue weighted by Gasteiger charge is 2.41. The minimum absolute atomic E-state index is 0.282. The molecule has 0 bridgehead atoms. The summed E-state index contributed by atoms with van der Waals surface area (Å²) in [7, 11) is 0. The lowest BCUT2D eigenvalue weighted by Gasteiger charge is -2.34. The van der Waals surface area contributed by atoms with Crippen molar-refractivity contribution in [3.05, 3.63) is 111 Å². The Hall–Kier alpha value is -4.14. The van der Waals surface area contributed by atoms with Gasteiger partial charge >= 0.3 is 5.97 Å². The van der Waals surface area contributed by atoms with Crippen molar-refractivity contribution < 1.29 is 19.0 Å². The molecule has 0 radical (unpaired) electrons. The molecule has 0 N–H and O–H groups in total. The first-order chi connectivity index (χ1) is 21.9. The maximum atomic E-state index is 13.4. The third kappa shape index (κ3) is 6.22. The van der Waals surface area contributed by atoms with Crippen LogP contribution >= 0.6 is 23.4 Å². The predicted molar refractivity (Wildman–Crippen MR) is 183 cm³/mol. The maximum absolute atomic E-state index is 13.4. The smallest absolute Gasteiger partial charge is 0.338 e. The molecule has 2 aliphatic heterocycles. The molecule has 1 atom stereocenters. The van der Waals surface area contributed by atoms with E-state index in [1.54, 1.807) is 11.8 Å². The van der Waals surface area contributed by atoms with Crippen LogP contribution in [0.5, 0.6) is 11.5 Å². The summed E-state index contributed by atoms with van der Waals surface area (Å²) in [5, 5.41) is 2.77. The Morgan fingerprint density at radius 3 is 2.53 bits per heavy atom. The summed E-state index contributed by atoms with van der Waals surface area (Å²) in [5.74, 6) is 0.964. The lowest BCUT2D eigenvalue weighted by molar-refractivity contribution is -0.139. The van der Waals surface area contributed by atoms with Crippen molar-refractivity contribution in [1.82, 2.24) is 9.47 Å². The highest BCUT2D eigenvalue weighted by atomic mass is 35.5. The predicted octanol–water partition coefficient (Wildman–Crippen LogP) is 8.48. The number of halogens is 1. The second-order valence-electron chi connectivity index (χ2n) is 10.8. The van der Waals surface area contributed by atoms with Crippen molar-refractivity contribution in [3.63, 3.8) is 0 Å². The van der Waals surface area contributed by atoms with Crippen LogP contribution in [-0.4, -0.2) is 47.0 Å². The van der Waals surface area contributed by atoms with Crippen molar-refractivity contribution in [2.45, 2.75) is 40.3 Å². The van der Waals surface area contributed by atoms with Crippen LogP contribution in [0.4, 0.5) is 0 Å². The van der Waals surface area contributed by atoms with Gasteiger partial charge in [-0.2, -0.15) is 0 Å². The molecule has 3 heterocycles. The van der Waals surface area contributed by atoms with E-state index in [1.807, 2.05) is 64.1 Å². The van der Waals surface area contributed by atoms with Crippen molar-refractivity contribution >= 4 is 51.5 Å². The van der Waals surface area contributed by atoms with E-state index < -0.39 is 6.04 Å². The zero-order valence-electron chi connectivity index (χ0n) is 25.9. The number of aliphatic imine (C=N–C) groups is 1. The second-order valence-corrected chi connectivity index (χ2v) is 12.3. The summed E-state index contributed by atoms with van der Waals surface area (Å²) in [6.07, 6.45) is 4.42. The Balaban J connectivity index is 1.38. The van der Waals surface area contributed by atoms with Gasteiger partial charge in [0.05, 0.1) is 43.7 Å².